The Hall–Kier alpha value is -0.750. The van der Waals surface area contributed by atoms with Crippen LogP contribution < -0.4 is 0 Å². The Morgan fingerprint density at radius 1 is 1.53 bits per heavy atom. The fourth-order valence-electron chi connectivity index (χ4n) is 2.02. The Balaban J connectivity index is 2.53. The van der Waals surface area contributed by atoms with Crippen molar-refractivity contribution in [3.05, 3.63) is 0 Å². The van der Waals surface area contributed by atoms with Gasteiger partial charge in [0.25, 0.3) is 5.91 Å². The molecule has 5 nitrogen and oxygen atoms in total. The lowest BCUT2D eigenvalue weighted by atomic mass is 10.1. The van der Waals surface area contributed by atoms with E-state index in [1.54, 1.807) is 23.6 Å². The van der Waals surface area contributed by atoms with E-state index in [2.05, 4.69) is 6.92 Å². The lowest BCUT2D eigenvalue weighted by Crippen LogP contribution is -2.50. The fraction of sp³-hybridized carbons (Fsp3) is 0.846. The Kier molecular flexibility index (Phi) is 7.23. The van der Waals surface area contributed by atoms with Gasteiger partial charge in [-0.2, -0.15) is 11.8 Å². The van der Waals surface area contributed by atoms with E-state index in [0.717, 1.165) is 18.6 Å². The van der Waals surface area contributed by atoms with Crippen LogP contribution in [-0.4, -0.2) is 58.7 Å². The van der Waals surface area contributed by atoms with Crippen LogP contribution in [0, 0.1) is 0 Å². The maximum absolute atomic E-state index is 12.3. The molecule has 1 fully saturated rings. The minimum Gasteiger partial charge on any atom is -0.481 e. The topological polar surface area (TPSA) is 66.8 Å². The van der Waals surface area contributed by atoms with E-state index >= 15 is 0 Å². The predicted molar refractivity (Wildman–Crippen MR) is 75.4 cm³/mol. The molecule has 1 N–H and O–H groups in total. The number of carbonyl (C=O) groups excluding carboxylic acids is 1. The summed E-state index contributed by atoms with van der Waals surface area (Å²) in [5.74, 6) is 0.621. The van der Waals surface area contributed by atoms with Gasteiger partial charge in [-0.25, -0.2) is 0 Å². The second kappa shape index (κ2) is 8.43. The largest absolute Gasteiger partial charge is 0.481 e. The SMILES string of the molecule is CCCCOC(C)C(=O)N1CCSCC1CC(=O)O. The van der Waals surface area contributed by atoms with Crippen LogP contribution in [0.25, 0.3) is 0 Å². The summed E-state index contributed by atoms with van der Waals surface area (Å²) in [6.07, 6.45) is 1.50. The highest BCUT2D eigenvalue weighted by Gasteiger charge is 2.31. The number of amides is 1. The molecule has 19 heavy (non-hydrogen) atoms. The maximum atomic E-state index is 12.3. The lowest BCUT2D eigenvalue weighted by molar-refractivity contribution is -0.146. The van der Waals surface area contributed by atoms with Crippen molar-refractivity contribution in [1.82, 2.24) is 4.90 Å². The highest BCUT2D eigenvalue weighted by atomic mass is 32.2. The van der Waals surface area contributed by atoms with E-state index in [1.165, 1.54) is 0 Å². The van der Waals surface area contributed by atoms with Gasteiger partial charge < -0.3 is 14.7 Å². The molecule has 0 aliphatic carbocycles. The first-order valence-corrected chi connectivity index (χ1v) is 7.93. The molecule has 0 spiro atoms. The van der Waals surface area contributed by atoms with Crippen molar-refractivity contribution in [2.45, 2.75) is 45.3 Å². The Labute approximate surface area is 118 Å². The first-order chi connectivity index (χ1) is 9.06. The third kappa shape index (κ3) is 5.40. The van der Waals surface area contributed by atoms with Gasteiger partial charge in [0.1, 0.15) is 6.10 Å². The highest BCUT2D eigenvalue weighted by Crippen LogP contribution is 2.20. The van der Waals surface area contributed by atoms with E-state index in [1.807, 2.05) is 0 Å². The Morgan fingerprint density at radius 2 is 2.26 bits per heavy atom. The van der Waals surface area contributed by atoms with Crippen molar-refractivity contribution in [1.29, 1.82) is 0 Å². The third-order valence-corrected chi connectivity index (χ3v) is 4.23. The van der Waals surface area contributed by atoms with Gasteiger partial charge in [-0.3, -0.25) is 9.59 Å². The summed E-state index contributed by atoms with van der Waals surface area (Å²) in [4.78, 5) is 24.8. The first-order valence-electron chi connectivity index (χ1n) is 6.77. The molecule has 0 saturated carbocycles. The molecular formula is C13H23NO4S. The number of ether oxygens (including phenoxy) is 1. The second-order valence-corrected chi connectivity index (χ2v) is 5.87. The smallest absolute Gasteiger partial charge is 0.305 e. The van der Waals surface area contributed by atoms with E-state index in [9.17, 15) is 9.59 Å². The number of rotatable bonds is 7. The molecule has 0 aromatic rings. The van der Waals surface area contributed by atoms with Crippen LogP contribution in [0.3, 0.4) is 0 Å². The number of hydrogen-bond acceptors (Lipinski definition) is 4. The van der Waals surface area contributed by atoms with E-state index in [4.69, 9.17) is 9.84 Å². The summed E-state index contributed by atoms with van der Waals surface area (Å²) in [6, 6.07) is -0.207. The molecule has 2 unspecified atom stereocenters. The van der Waals surface area contributed by atoms with Crippen molar-refractivity contribution in [2.24, 2.45) is 0 Å². The maximum Gasteiger partial charge on any atom is 0.305 e. The molecule has 110 valence electrons. The molecule has 0 aromatic carbocycles. The Morgan fingerprint density at radius 3 is 2.89 bits per heavy atom. The van der Waals surface area contributed by atoms with Gasteiger partial charge in [-0.05, 0) is 13.3 Å². The first kappa shape index (κ1) is 16.3. The summed E-state index contributed by atoms with van der Waals surface area (Å²) in [5.41, 5.74) is 0. The van der Waals surface area contributed by atoms with Gasteiger partial charge in [0.2, 0.25) is 0 Å². The molecule has 0 radical (unpaired) electrons. The molecule has 2 atom stereocenters. The van der Waals surface area contributed by atoms with E-state index in [0.29, 0.717) is 18.9 Å². The molecule has 1 heterocycles. The molecule has 1 rings (SSSR count). The zero-order valence-electron chi connectivity index (χ0n) is 11.6. The summed E-state index contributed by atoms with van der Waals surface area (Å²) >= 11 is 1.70. The zero-order chi connectivity index (χ0) is 14.3. The highest BCUT2D eigenvalue weighted by molar-refractivity contribution is 7.99. The summed E-state index contributed by atoms with van der Waals surface area (Å²) in [5, 5.41) is 8.90. The average molecular weight is 289 g/mol. The standard InChI is InChI=1S/C13H23NO4S/c1-3-4-6-18-10(2)13(17)14-5-7-19-9-11(14)8-12(15)16/h10-11H,3-9H2,1-2H3,(H,15,16). The number of nitrogens with zero attached hydrogens (tertiary/aromatic N) is 1. The van der Waals surface area contributed by atoms with Crippen molar-refractivity contribution in [2.75, 3.05) is 24.7 Å². The number of thioether (sulfide) groups is 1. The van der Waals surface area contributed by atoms with Crippen LogP contribution in [0.5, 0.6) is 0 Å². The molecule has 6 heteroatoms. The predicted octanol–water partition coefficient (Wildman–Crippen LogP) is 1.61. The molecule has 1 aliphatic heterocycles. The van der Waals surface area contributed by atoms with Crippen molar-refractivity contribution < 1.29 is 19.4 Å². The Bertz CT molecular complexity index is 311. The minimum absolute atomic E-state index is 0.0143. The van der Waals surface area contributed by atoms with Crippen LogP contribution in [0.4, 0.5) is 0 Å². The molecule has 0 aromatic heterocycles. The zero-order valence-corrected chi connectivity index (χ0v) is 12.4. The van der Waals surface area contributed by atoms with Crippen LogP contribution in [-0.2, 0) is 14.3 Å². The summed E-state index contributed by atoms with van der Waals surface area (Å²) in [6.45, 7) is 5.01. The van der Waals surface area contributed by atoms with Crippen LogP contribution in [0.15, 0.2) is 0 Å². The van der Waals surface area contributed by atoms with Gasteiger partial charge >= 0.3 is 5.97 Å². The quantitative estimate of drug-likeness (QED) is 0.721. The van der Waals surface area contributed by atoms with E-state index < -0.39 is 12.1 Å². The number of carboxylic acids is 1. The number of carbonyl (C=O) groups is 2. The molecule has 1 aliphatic rings. The van der Waals surface area contributed by atoms with Crippen LogP contribution in [0.1, 0.15) is 33.1 Å². The van der Waals surface area contributed by atoms with Crippen molar-refractivity contribution in [3.8, 4) is 0 Å². The lowest BCUT2D eigenvalue weighted by Gasteiger charge is -2.36. The number of aliphatic carboxylic acids is 1. The number of hydrogen-bond donors (Lipinski definition) is 1. The van der Waals surface area contributed by atoms with Crippen LogP contribution >= 0.6 is 11.8 Å². The fourth-order valence-corrected chi connectivity index (χ4v) is 3.09. The van der Waals surface area contributed by atoms with Gasteiger partial charge in [-0.1, -0.05) is 13.3 Å². The van der Waals surface area contributed by atoms with Gasteiger partial charge in [0.15, 0.2) is 0 Å². The normalized spacial score (nSPS) is 21.2. The number of carboxylic acid groups (broad SMARTS) is 1. The summed E-state index contributed by atoms with van der Waals surface area (Å²) in [7, 11) is 0. The van der Waals surface area contributed by atoms with Gasteiger partial charge in [-0.15, -0.1) is 0 Å². The number of unbranched alkanes of at least 4 members (excludes halogenated alkanes) is 1. The molecule has 0 bridgehead atoms. The van der Waals surface area contributed by atoms with E-state index in [-0.39, 0.29) is 18.4 Å². The average Bonchev–Trinajstić information content (AvgIpc) is 2.38. The monoisotopic (exact) mass is 289 g/mol. The third-order valence-electron chi connectivity index (χ3n) is 3.13. The van der Waals surface area contributed by atoms with Crippen molar-refractivity contribution >= 4 is 23.6 Å². The second-order valence-electron chi connectivity index (χ2n) is 4.72. The van der Waals surface area contributed by atoms with Gasteiger partial charge in [0, 0.05) is 24.7 Å². The minimum atomic E-state index is -0.857. The van der Waals surface area contributed by atoms with Crippen molar-refractivity contribution in [3.63, 3.8) is 0 Å². The molecular weight excluding hydrogens is 266 g/mol. The van der Waals surface area contributed by atoms with Gasteiger partial charge in [0.05, 0.1) is 12.5 Å². The molecule has 1 saturated heterocycles. The summed E-state index contributed by atoms with van der Waals surface area (Å²) < 4.78 is 5.51. The van der Waals surface area contributed by atoms with Crippen LogP contribution in [0.2, 0.25) is 0 Å². The molecule has 1 amide bonds.